The van der Waals surface area contributed by atoms with Gasteiger partial charge in [0.1, 0.15) is 5.76 Å². The predicted molar refractivity (Wildman–Crippen MR) is 49.4 cm³/mol. The molecule has 72 valence electrons. The van der Waals surface area contributed by atoms with Gasteiger partial charge in [-0.15, -0.1) is 0 Å². The molecule has 0 radical (unpaired) electrons. The minimum absolute atomic E-state index is 0.00449. The van der Waals surface area contributed by atoms with Crippen molar-refractivity contribution in [1.82, 2.24) is 5.16 Å². The fourth-order valence-corrected chi connectivity index (χ4v) is 0.968. The second-order valence-electron chi connectivity index (χ2n) is 2.97. The molecule has 0 saturated heterocycles. The van der Waals surface area contributed by atoms with Crippen LogP contribution in [0.2, 0.25) is 0 Å². The lowest BCUT2D eigenvalue weighted by atomic mass is 10.2. The molecule has 0 unspecified atom stereocenters. The Morgan fingerprint density at radius 2 is 2.46 bits per heavy atom. The first kappa shape index (κ1) is 9.77. The van der Waals surface area contributed by atoms with Gasteiger partial charge in [-0.1, -0.05) is 18.5 Å². The molecule has 1 N–H and O–H groups in total. The van der Waals surface area contributed by atoms with E-state index < -0.39 is 0 Å². The van der Waals surface area contributed by atoms with Gasteiger partial charge < -0.3 is 9.84 Å². The van der Waals surface area contributed by atoms with Gasteiger partial charge in [0, 0.05) is 12.5 Å². The Morgan fingerprint density at radius 3 is 3.00 bits per heavy atom. The molecular weight excluding hydrogens is 168 g/mol. The van der Waals surface area contributed by atoms with Gasteiger partial charge in [-0.3, -0.25) is 4.79 Å². The smallest absolute Gasteiger partial charge is 0.225 e. The highest BCUT2D eigenvalue weighted by atomic mass is 16.5. The van der Waals surface area contributed by atoms with Crippen LogP contribution in [0.1, 0.15) is 31.9 Å². The monoisotopic (exact) mass is 182 g/mol. The molecule has 0 aromatic carbocycles. The normalized spacial score (nSPS) is 10.0. The van der Waals surface area contributed by atoms with Crippen LogP contribution in [0.5, 0.6) is 0 Å². The SMILES string of the molecule is CCCCC(=O)Nc1cc(C)on1. The number of nitrogens with zero attached hydrogens (tertiary/aromatic N) is 1. The molecule has 0 aliphatic rings. The third-order valence-corrected chi connectivity index (χ3v) is 1.65. The predicted octanol–water partition coefficient (Wildman–Crippen LogP) is 2.11. The largest absolute Gasteiger partial charge is 0.360 e. The maximum atomic E-state index is 11.2. The van der Waals surface area contributed by atoms with Crippen molar-refractivity contribution in [3.63, 3.8) is 0 Å². The zero-order valence-corrected chi connectivity index (χ0v) is 7.96. The standard InChI is InChI=1S/C9H14N2O2/c1-3-4-5-9(12)10-8-6-7(2)13-11-8/h6H,3-5H2,1-2H3,(H,10,11,12). The van der Waals surface area contributed by atoms with E-state index >= 15 is 0 Å². The summed E-state index contributed by atoms with van der Waals surface area (Å²) in [7, 11) is 0. The maximum absolute atomic E-state index is 11.2. The summed E-state index contributed by atoms with van der Waals surface area (Å²) in [6, 6.07) is 1.70. The van der Waals surface area contributed by atoms with E-state index in [0.29, 0.717) is 18.0 Å². The molecule has 1 amide bonds. The molecule has 0 bridgehead atoms. The highest BCUT2D eigenvalue weighted by Crippen LogP contribution is 2.07. The summed E-state index contributed by atoms with van der Waals surface area (Å²) in [6.45, 7) is 3.84. The van der Waals surface area contributed by atoms with Gasteiger partial charge >= 0.3 is 0 Å². The Morgan fingerprint density at radius 1 is 1.69 bits per heavy atom. The van der Waals surface area contributed by atoms with Crippen molar-refractivity contribution in [2.24, 2.45) is 0 Å². The maximum Gasteiger partial charge on any atom is 0.225 e. The average Bonchev–Trinajstić information content (AvgIpc) is 2.48. The first-order valence-corrected chi connectivity index (χ1v) is 4.45. The van der Waals surface area contributed by atoms with E-state index in [4.69, 9.17) is 4.52 Å². The number of aromatic nitrogens is 1. The van der Waals surface area contributed by atoms with Crippen LogP contribution >= 0.6 is 0 Å². The molecule has 1 rings (SSSR count). The summed E-state index contributed by atoms with van der Waals surface area (Å²) in [4.78, 5) is 11.2. The fourth-order valence-electron chi connectivity index (χ4n) is 0.968. The van der Waals surface area contributed by atoms with Crippen LogP contribution in [0.4, 0.5) is 5.82 Å². The molecule has 4 nitrogen and oxygen atoms in total. The van der Waals surface area contributed by atoms with Crippen molar-refractivity contribution >= 4 is 11.7 Å². The number of aryl methyl sites for hydroxylation is 1. The lowest BCUT2D eigenvalue weighted by molar-refractivity contribution is -0.116. The second kappa shape index (κ2) is 4.64. The van der Waals surface area contributed by atoms with Crippen LogP contribution in [0.3, 0.4) is 0 Å². The van der Waals surface area contributed by atoms with Crippen molar-refractivity contribution in [1.29, 1.82) is 0 Å². The van der Waals surface area contributed by atoms with E-state index in [2.05, 4.69) is 10.5 Å². The number of rotatable bonds is 4. The third kappa shape index (κ3) is 3.27. The van der Waals surface area contributed by atoms with Crippen molar-refractivity contribution in [2.75, 3.05) is 5.32 Å². The summed E-state index contributed by atoms with van der Waals surface area (Å²) >= 11 is 0. The van der Waals surface area contributed by atoms with Crippen molar-refractivity contribution < 1.29 is 9.32 Å². The molecule has 1 aromatic rings. The van der Waals surface area contributed by atoms with Crippen LogP contribution < -0.4 is 5.32 Å². The number of anilines is 1. The van der Waals surface area contributed by atoms with E-state index in [1.165, 1.54) is 0 Å². The van der Waals surface area contributed by atoms with Crippen LogP contribution in [0, 0.1) is 6.92 Å². The first-order valence-electron chi connectivity index (χ1n) is 4.45. The molecule has 1 aromatic heterocycles. The molecular formula is C9H14N2O2. The number of unbranched alkanes of at least 4 members (excludes halogenated alkanes) is 1. The van der Waals surface area contributed by atoms with E-state index in [9.17, 15) is 4.79 Å². The molecule has 0 aliphatic carbocycles. The molecule has 13 heavy (non-hydrogen) atoms. The minimum Gasteiger partial charge on any atom is -0.360 e. The van der Waals surface area contributed by atoms with Gasteiger partial charge in [-0.25, -0.2) is 0 Å². The van der Waals surface area contributed by atoms with Crippen LogP contribution in [-0.2, 0) is 4.79 Å². The van der Waals surface area contributed by atoms with Crippen LogP contribution in [0.15, 0.2) is 10.6 Å². The number of amides is 1. The zero-order valence-electron chi connectivity index (χ0n) is 7.96. The average molecular weight is 182 g/mol. The Balaban J connectivity index is 2.36. The number of carbonyl (C=O) groups is 1. The van der Waals surface area contributed by atoms with Gasteiger partial charge in [0.2, 0.25) is 5.91 Å². The molecule has 0 atom stereocenters. The topological polar surface area (TPSA) is 55.1 Å². The van der Waals surface area contributed by atoms with E-state index in [1.54, 1.807) is 13.0 Å². The van der Waals surface area contributed by atoms with Gasteiger partial charge in [-0.2, -0.15) is 0 Å². The number of hydrogen-bond acceptors (Lipinski definition) is 3. The highest BCUT2D eigenvalue weighted by Gasteiger charge is 2.04. The molecule has 1 heterocycles. The first-order chi connectivity index (χ1) is 6.22. The minimum atomic E-state index is -0.00449. The zero-order chi connectivity index (χ0) is 9.68. The number of nitrogens with one attached hydrogen (secondary N) is 1. The lowest BCUT2D eigenvalue weighted by Gasteiger charge is -1.98. The molecule has 4 heteroatoms. The molecule has 0 spiro atoms. The van der Waals surface area contributed by atoms with Gasteiger partial charge in [0.15, 0.2) is 5.82 Å². The van der Waals surface area contributed by atoms with Gasteiger partial charge in [0.05, 0.1) is 0 Å². The Hall–Kier alpha value is -1.32. The number of hydrogen-bond donors (Lipinski definition) is 1. The van der Waals surface area contributed by atoms with Crippen molar-refractivity contribution in [3.05, 3.63) is 11.8 Å². The third-order valence-electron chi connectivity index (χ3n) is 1.65. The Kier molecular flexibility index (Phi) is 3.49. The summed E-state index contributed by atoms with van der Waals surface area (Å²) in [6.07, 6.45) is 2.47. The molecule has 0 fully saturated rings. The summed E-state index contributed by atoms with van der Waals surface area (Å²) in [5.41, 5.74) is 0. The van der Waals surface area contributed by atoms with E-state index in [-0.39, 0.29) is 5.91 Å². The summed E-state index contributed by atoms with van der Waals surface area (Å²) < 4.78 is 4.81. The van der Waals surface area contributed by atoms with Gasteiger partial charge in [0.25, 0.3) is 0 Å². The van der Waals surface area contributed by atoms with E-state index in [0.717, 1.165) is 12.8 Å². The second-order valence-corrected chi connectivity index (χ2v) is 2.97. The summed E-state index contributed by atoms with van der Waals surface area (Å²) in [5, 5.41) is 6.31. The highest BCUT2D eigenvalue weighted by molar-refractivity contribution is 5.89. The van der Waals surface area contributed by atoms with Gasteiger partial charge in [-0.05, 0) is 13.3 Å². The van der Waals surface area contributed by atoms with Crippen molar-refractivity contribution in [2.45, 2.75) is 33.1 Å². The number of carbonyl (C=O) groups excluding carboxylic acids is 1. The van der Waals surface area contributed by atoms with Crippen LogP contribution in [-0.4, -0.2) is 11.1 Å². The van der Waals surface area contributed by atoms with E-state index in [1.807, 2.05) is 6.92 Å². The summed E-state index contributed by atoms with van der Waals surface area (Å²) in [5.74, 6) is 1.19. The Bertz CT molecular complexity index is 281. The fraction of sp³-hybridized carbons (Fsp3) is 0.556. The van der Waals surface area contributed by atoms with Crippen molar-refractivity contribution in [3.8, 4) is 0 Å². The Labute approximate surface area is 77.3 Å². The lowest BCUT2D eigenvalue weighted by Crippen LogP contribution is -2.10. The molecule has 0 aliphatic heterocycles. The molecule has 0 saturated carbocycles. The van der Waals surface area contributed by atoms with Crippen LogP contribution in [0.25, 0.3) is 0 Å². The quantitative estimate of drug-likeness (QED) is 0.775.